The number of nitro benzene ring substituents is 1. The molecule has 0 unspecified atom stereocenters. The van der Waals surface area contributed by atoms with E-state index in [2.05, 4.69) is 10.6 Å². The van der Waals surface area contributed by atoms with Crippen LogP contribution in [0.15, 0.2) is 18.2 Å². The average Bonchev–Trinajstić information content (AvgIpc) is 2.34. The van der Waals surface area contributed by atoms with Crippen LogP contribution in [0.5, 0.6) is 0 Å². The highest BCUT2D eigenvalue weighted by molar-refractivity contribution is 5.92. The summed E-state index contributed by atoms with van der Waals surface area (Å²) in [6.07, 6.45) is 0. The Morgan fingerprint density at radius 2 is 1.95 bits per heavy atom. The number of nitro groups is 1. The summed E-state index contributed by atoms with van der Waals surface area (Å²) >= 11 is 0. The molecular formula is C12H14FN3O5. The molecular weight excluding hydrogens is 285 g/mol. The monoisotopic (exact) mass is 299 g/mol. The Morgan fingerprint density at radius 3 is 2.43 bits per heavy atom. The normalized spacial score (nSPS) is 11.8. The van der Waals surface area contributed by atoms with E-state index < -0.39 is 34.5 Å². The Bertz CT molecular complexity index is 576. The summed E-state index contributed by atoms with van der Waals surface area (Å²) in [5.74, 6) is -2.47. The summed E-state index contributed by atoms with van der Waals surface area (Å²) < 4.78 is 13.2. The van der Waals surface area contributed by atoms with Gasteiger partial charge in [0, 0.05) is 6.07 Å². The summed E-state index contributed by atoms with van der Waals surface area (Å²) in [5, 5.41) is 23.9. The van der Waals surface area contributed by atoms with Gasteiger partial charge in [-0.15, -0.1) is 0 Å². The van der Waals surface area contributed by atoms with E-state index in [0.29, 0.717) is 6.07 Å². The van der Waals surface area contributed by atoms with Crippen molar-refractivity contribution in [3.63, 3.8) is 0 Å². The first-order valence-corrected chi connectivity index (χ1v) is 5.96. The Labute approximate surface area is 119 Å². The molecule has 0 spiro atoms. The molecule has 1 aromatic carbocycles. The number of benzene rings is 1. The average molecular weight is 299 g/mol. The lowest BCUT2D eigenvalue weighted by Gasteiger charge is -2.18. The number of nitrogens with one attached hydrogen (secondary N) is 2. The van der Waals surface area contributed by atoms with Gasteiger partial charge in [-0.3, -0.25) is 10.1 Å². The van der Waals surface area contributed by atoms with Crippen LogP contribution in [0.1, 0.15) is 13.8 Å². The molecule has 0 aliphatic heterocycles. The number of carbonyl (C=O) groups is 2. The molecule has 0 bridgehead atoms. The second kappa shape index (κ2) is 6.64. The van der Waals surface area contributed by atoms with Crippen molar-refractivity contribution in [2.75, 3.05) is 5.32 Å². The van der Waals surface area contributed by atoms with Crippen molar-refractivity contribution in [1.29, 1.82) is 0 Å². The maximum atomic E-state index is 13.2. The van der Waals surface area contributed by atoms with Crippen molar-refractivity contribution in [2.45, 2.75) is 19.9 Å². The number of carboxylic acids is 1. The van der Waals surface area contributed by atoms with Gasteiger partial charge >= 0.3 is 12.0 Å². The van der Waals surface area contributed by atoms with Crippen molar-refractivity contribution in [3.05, 3.63) is 34.1 Å². The molecule has 2 amide bonds. The van der Waals surface area contributed by atoms with Gasteiger partial charge < -0.3 is 15.7 Å². The number of non-ortho nitro benzene ring substituents is 1. The minimum Gasteiger partial charge on any atom is -0.480 e. The van der Waals surface area contributed by atoms with Crippen molar-refractivity contribution in [1.82, 2.24) is 5.32 Å². The third-order valence-electron chi connectivity index (χ3n) is 2.57. The summed E-state index contributed by atoms with van der Waals surface area (Å²) in [7, 11) is 0. The highest BCUT2D eigenvalue weighted by Crippen LogP contribution is 2.20. The molecule has 0 aromatic heterocycles. The van der Waals surface area contributed by atoms with E-state index in [9.17, 15) is 24.1 Å². The molecule has 0 heterocycles. The first kappa shape index (κ1) is 16.3. The maximum absolute atomic E-state index is 13.2. The van der Waals surface area contributed by atoms with Gasteiger partial charge in [0.2, 0.25) is 0 Å². The largest absolute Gasteiger partial charge is 0.480 e. The Balaban J connectivity index is 2.83. The summed E-state index contributed by atoms with van der Waals surface area (Å²) in [5.41, 5.74) is -0.670. The molecule has 21 heavy (non-hydrogen) atoms. The number of carboxylic acid groups (broad SMARTS) is 1. The molecule has 1 rings (SSSR count). The lowest BCUT2D eigenvalue weighted by molar-refractivity contribution is -0.385. The summed E-state index contributed by atoms with van der Waals surface area (Å²) in [4.78, 5) is 32.4. The van der Waals surface area contributed by atoms with Gasteiger partial charge in [0.15, 0.2) is 0 Å². The Morgan fingerprint density at radius 1 is 1.33 bits per heavy atom. The SMILES string of the molecule is CC(C)[C@@H](NC(=O)Nc1cc(F)cc([N+](=O)[O-])c1)C(=O)O. The number of hydrogen-bond acceptors (Lipinski definition) is 4. The molecule has 0 saturated carbocycles. The number of hydrogen-bond donors (Lipinski definition) is 3. The van der Waals surface area contributed by atoms with Gasteiger partial charge in [0.05, 0.1) is 16.7 Å². The predicted molar refractivity (Wildman–Crippen MR) is 71.5 cm³/mol. The summed E-state index contributed by atoms with van der Waals surface area (Å²) in [6.45, 7) is 3.21. The molecule has 0 aliphatic carbocycles. The van der Waals surface area contributed by atoms with E-state index >= 15 is 0 Å². The maximum Gasteiger partial charge on any atom is 0.326 e. The van der Waals surface area contributed by atoms with Crippen LogP contribution in [0, 0.1) is 21.8 Å². The van der Waals surface area contributed by atoms with Crippen LogP contribution in [-0.2, 0) is 4.79 Å². The second-order valence-corrected chi connectivity index (χ2v) is 4.61. The van der Waals surface area contributed by atoms with Gasteiger partial charge in [0.1, 0.15) is 11.9 Å². The number of aliphatic carboxylic acids is 1. The van der Waals surface area contributed by atoms with Crippen molar-refractivity contribution in [3.8, 4) is 0 Å². The number of carbonyl (C=O) groups excluding carboxylic acids is 1. The molecule has 0 fully saturated rings. The molecule has 1 atom stereocenters. The molecule has 114 valence electrons. The fourth-order valence-electron chi connectivity index (χ4n) is 1.57. The van der Waals surface area contributed by atoms with Gasteiger partial charge in [-0.25, -0.2) is 14.0 Å². The number of nitrogens with zero attached hydrogens (tertiary/aromatic N) is 1. The number of halogens is 1. The second-order valence-electron chi connectivity index (χ2n) is 4.61. The minimum atomic E-state index is -1.22. The third kappa shape index (κ3) is 4.71. The van der Waals surface area contributed by atoms with Crippen LogP contribution in [0.2, 0.25) is 0 Å². The first-order valence-electron chi connectivity index (χ1n) is 5.96. The number of urea groups is 1. The lowest BCUT2D eigenvalue weighted by Crippen LogP contribution is -2.46. The summed E-state index contributed by atoms with van der Waals surface area (Å²) in [6, 6.07) is 0.535. The molecule has 1 aromatic rings. The zero-order chi connectivity index (χ0) is 16.2. The first-order chi connectivity index (χ1) is 9.70. The van der Waals surface area contributed by atoms with Gasteiger partial charge in [-0.1, -0.05) is 13.8 Å². The van der Waals surface area contributed by atoms with Gasteiger partial charge in [-0.05, 0) is 12.0 Å². The standard InChI is InChI=1S/C12H14FN3O5/c1-6(2)10(11(17)18)15-12(19)14-8-3-7(13)4-9(5-8)16(20)21/h3-6,10H,1-2H3,(H,17,18)(H2,14,15,19)/t10-/m1/s1. The Kier molecular flexibility index (Phi) is 5.17. The van der Waals surface area contributed by atoms with E-state index in [-0.39, 0.29) is 11.6 Å². The predicted octanol–water partition coefficient (Wildman–Crippen LogP) is 1.96. The van der Waals surface area contributed by atoms with Crippen LogP contribution in [0.3, 0.4) is 0 Å². The van der Waals surface area contributed by atoms with Crippen LogP contribution in [-0.4, -0.2) is 28.1 Å². The van der Waals surface area contributed by atoms with E-state index in [1.165, 1.54) is 0 Å². The fourth-order valence-corrected chi connectivity index (χ4v) is 1.57. The minimum absolute atomic E-state index is 0.146. The Hall–Kier alpha value is -2.71. The number of anilines is 1. The van der Waals surface area contributed by atoms with Crippen molar-refractivity contribution >= 4 is 23.4 Å². The van der Waals surface area contributed by atoms with E-state index in [1.54, 1.807) is 13.8 Å². The van der Waals surface area contributed by atoms with Crippen molar-refractivity contribution in [2.24, 2.45) is 5.92 Å². The van der Waals surface area contributed by atoms with E-state index in [1.807, 2.05) is 0 Å². The lowest BCUT2D eigenvalue weighted by atomic mass is 10.1. The topological polar surface area (TPSA) is 122 Å². The zero-order valence-corrected chi connectivity index (χ0v) is 11.3. The molecule has 8 nitrogen and oxygen atoms in total. The van der Waals surface area contributed by atoms with Gasteiger partial charge in [-0.2, -0.15) is 0 Å². The smallest absolute Gasteiger partial charge is 0.326 e. The third-order valence-corrected chi connectivity index (χ3v) is 2.57. The van der Waals surface area contributed by atoms with Crippen LogP contribution >= 0.6 is 0 Å². The highest BCUT2D eigenvalue weighted by Gasteiger charge is 2.23. The number of rotatable bonds is 5. The molecule has 0 radical (unpaired) electrons. The van der Waals surface area contributed by atoms with E-state index in [0.717, 1.165) is 12.1 Å². The van der Waals surface area contributed by atoms with Gasteiger partial charge in [0.25, 0.3) is 5.69 Å². The molecule has 0 saturated heterocycles. The molecule has 3 N–H and O–H groups in total. The molecule has 0 aliphatic rings. The van der Waals surface area contributed by atoms with Crippen LogP contribution in [0.4, 0.5) is 20.6 Å². The van der Waals surface area contributed by atoms with E-state index in [4.69, 9.17) is 5.11 Å². The zero-order valence-electron chi connectivity index (χ0n) is 11.3. The van der Waals surface area contributed by atoms with Crippen LogP contribution in [0.25, 0.3) is 0 Å². The number of amides is 2. The van der Waals surface area contributed by atoms with Crippen LogP contribution < -0.4 is 10.6 Å². The quantitative estimate of drug-likeness (QED) is 0.566. The molecule has 9 heteroatoms. The fraction of sp³-hybridized carbons (Fsp3) is 0.333. The van der Waals surface area contributed by atoms with Crippen molar-refractivity contribution < 1.29 is 24.0 Å². The highest BCUT2D eigenvalue weighted by atomic mass is 19.1.